The molecule has 0 atom stereocenters. The van der Waals surface area contributed by atoms with Crippen molar-refractivity contribution in [3.8, 4) is 11.4 Å². The molecule has 0 bridgehead atoms. The third-order valence-electron chi connectivity index (χ3n) is 4.12. The molecule has 0 N–H and O–H groups in total. The summed E-state index contributed by atoms with van der Waals surface area (Å²) in [6.07, 6.45) is 0. The Kier molecular flexibility index (Phi) is 6.46. The summed E-state index contributed by atoms with van der Waals surface area (Å²) in [6, 6.07) is 13.9. The van der Waals surface area contributed by atoms with Gasteiger partial charge in [-0.2, -0.15) is 0 Å². The number of benzene rings is 2. The lowest BCUT2D eigenvalue weighted by molar-refractivity contribution is 0.0600. The molecular formula is C21H22FN3O2S. The predicted octanol–water partition coefficient (Wildman–Crippen LogP) is 4.82. The summed E-state index contributed by atoms with van der Waals surface area (Å²) in [6.45, 7) is 4.90. The highest BCUT2D eigenvalue weighted by molar-refractivity contribution is 7.98. The Morgan fingerprint density at radius 3 is 2.50 bits per heavy atom. The first-order valence-corrected chi connectivity index (χ1v) is 9.96. The summed E-state index contributed by atoms with van der Waals surface area (Å²) in [5, 5.41) is 9.29. The van der Waals surface area contributed by atoms with Crippen LogP contribution in [0.4, 0.5) is 4.39 Å². The lowest BCUT2D eigenvalue weighted by atomic mass is 10.1. The second-order valence-corrected chi connectivity index (χ2v) is 7.71. The number of hydrogen-bond acceptors (Lipinski definition) is 5. The average Bonchev–Trinajstić information content (AvgIpc) is 3.08. The molecule has 1 aromatic heterocycles. The Morgan fingerprint density at radius 2 is 1.86 bits per heavy atom. The monoisotopic (exact) mass is 399 g/mol. The van der Waals surface area contributed by atoms with E-state index in [1.807, 2.05) is 16.7 Å². The molecule has 0 aliphatic rings. The molecule has 0 fully saturated rings. The summed E-state index contributed by atoms with van der Waals surface area (Å²) in [4.78, 5) is 11.5. The molecule has 7 heteroatoms. The molecule has 0 saturated heterocycles. The Labute approximate surface area is 167 Å². The molecule has 28 heavy (non-hydrogen) atoms. The van der Waals surface area contributed by atoms with Gasteiger partial charge in [-0.25, -0.2) is 9.18 Å². The maximum atomic E-state index is 14.3. The van der Waals surface area contributed by atoms with Crippen molar-refractivity contribution in [2.24, 2.45) is 5.92 Å². The van der Waals surface area contributed by atoms with Crippen LogP contribution in [0.5, 0.6) is 0 Å². The normalized spacial score (nSPS) is 11.0. The lowest BCUT2D eigenvalue weighted by Gasteiger charge is -2.13. The van der Waals surface area contributed by atoms with Crippen molar-refractivity contribution in [3.05, 3.63) is 65.5 Å². The topological polar surface area (TPSA) is 57.0 Å². The molecule has 3 rings (SSSR count). The minimum Gasteiger partial charge on any atom is -0.465 e. The summed E-state index contributed by atoms with van der Waals surface area (Å²) in [7, 11) is 1.36. The molecule has 2 aromatic carbocycles. The smallest absolute Gasteiger partial charge is 0.337 e. The van der Waals surface area contributed by atoms with E-state index < -0.39 is 0 Å². The molecule has 0 aliphatic carbocycles. The molecule has 5 nitrogen and oxygen atoms in total. The van der Waals surface area contributed by atoms with E-state index in [0.717, 1.165) is 10.7 Å². The van der Waals surface area contributed by atoms with Crippen LogP contribution in [0.1, 0.15) is 29.8 Å². The van der Waals surface area contributed by atoms with Crippen LogP contribution in [0.3, 0.4) is 0 Å². The minimum atomic E-state index is -0.356. The van der Waals surface area contributed by atoms with Gasteiger partial charge in [-0.1, -0.05) is 49.9 Å². The lowest BCUT2D eigenvalue weighted by Crippen LogP contribution is -2.08. The zero-order chi connectivity index (χ0) is 20.1. The maximum absolute atomic E-state index is 14.3. The Hall–Kier alpha value is -2.67. The molecule has 0 spiro atoms. The predicted molar refractivity (Wildman–Crippen MR) is 108 cm³/mol. The number of ether oxygens (including phenoxy) is 1. The molecule has 0 saturated carbocycles. The number of nitrogens with zero attached hydrogens (tertiary/aromatic N) is 3. The minimum absolute atomic E-state index is 0.310. The molecule has 0 amide bonds. The zero-order valence-corrected chi connectivity index (χ0v) is 16.9. The van der Waals surface area contributed by atoms with Gasteiger partial charge in [0.05, 0.1) is 18.2 Å². The van der Waals surface area contributed by atoms with Crippen LogP contribution in [0, 0.1) is 11.7 Å². The molecule has 1 heterocycles. The summed E-state index contributed by atoms with van der Waals surface area (Å²) < 4.78 is 20.9. The maximum Gasteiger partial charge on any atom is 0.337 e. The van der Waals surface area contributed by atoms with Gasteiger partial charge in [-0.3, -0.25) is 0 Å². The average molecular weight is 399 g/mol. The third kappa shape index (κ3) is 4.59. The van der Waals surface area contributed by atoms with E-state index in [0.29, 0.717) is 35.2 Å². The number of esters is 1. The number of hydrogen-bond donors (Lipinski definition) is 0. The summed E-state index contributed by atoms with van der Waals surface area (Å²) >= 11 is 1.53. The standard InChI is InChI=1S/C21H22FN3O2S/c1-14(2)12-25-19(17-6-4-5-7-18(17)22)23-24-21(25)28-13-15-8-10-16(11-9-15)20(26)27-3/h4-11,14H,12-13H2,1-3H3. The molecule has 3 aromatic rings. The highest BCUT2D eigenvalue weighted by Gasteiger charge is 2.18. The summed E-state index contributed by atoms with van der Waals surface area (Å²) in [5.74, 6) is 0.894. The van der Waals surface area contributed by atoms with Gasteiger partial charge in [-0.15, -0.1) is 10.2 Å². The van der Waals surface area contributed by atoms with Crippen molar-refractivity contribution in [2.75, 3.05) is 7.11 Å². The highest BCUT2D eigenvalue weighted by atomic mass is 32.2. The fourth-order valence-corrected chi connectivity index (χ4v) is 3.67. The van der Waals surface area contributed by atoms with Gasteiger partial charge in [0.2, 0.25) is 0 Å². The Bertz CT molecular complexity index is 955. The Balaban J connectivity index is 1.82. The van der Waals surface area contributed by atoms with Crippen molar-refractivity contribution in [1.82, 2.24) is 14.8 Å². The van der Waals surface area contributed by atoms with Crippen LogP contribution in [0.2, 0.25) is 0 Å². The highest BCUT2D eigenvalue weighted by Crippen LogP contribution is 2.28. The van der Waals surface area contributed by atoms with Crippen molar-refractivity contribution < 1.29 is 13.9 Å². The van der Waals surface area contributed by atoms with Crippen molar-refractivity contribution in [3.63, 3.8) is 0 Å². The van der Waals surface area contributed by atoms with E-state index in [9.17, 15) is 9.18 Å². The second kappa shape index (κ2) is 9.01. The second-order valence-electron chi connectivity index (χ2n) is 6.77. The van der Waals surface area contributed by atoms with Crippen LogP contribution in [0.25, 0.3) is 11.4 Å². The molecule has 146 valence electrons. The van der Waals surface area contributed by atoms with E-state index in [1.165, 1.54) is 24.9 Å². The number of carbonyl (C=O) groups is 1. The first-order valence-electron chi connectivity index (χ1n) is 8.97. The van der Waals surface area contributed by atoms with Crippen LogP contribution in [-0.2, 0) is 17.0 Å². The van der Waals surface area contributed by atoms with E-state index in [4.69, 9.17) is 4.74 Å². The third-order valence-corrected chi connectivity index (χ3v) is 5.16. The largest absolute Gasteiger partial charge is 0.465 e. The van der Waals surface area contributed by atoms with Gasteiger partial charge >= 0.3 is 5.97 Å². The van der Waals surface area contributed by atoms with Gasteiger partial charge in [0.1, 0.15) is 5.82 Å². The van der Waals surface area contributed by atoms with Crippen molar-refractivity contribution in [1.29, 1.82) is 0 Å². The van der Waals surface area contributed by atoms with Crippen LogP contribution in [-0.4, -0.2) is 27.8 Å². The number of methoxy groups -OCH3 is 1. The number of thioether (sulfide) groups is 1. The van der Waals surface area contributed by atoms with Crippen molar-refractivity contribution >= 4 is 17.7 Å². The van der Waals surface area contributed by atoms with Gasteiger partial charge in [-0.05, 0) is 35.7 Å². The molecule has 0 radical (unpaired) electrons. The first kappa shape index (κ1) is 20.1. The van der Waals surface area contributed by atoms with Gasteiger partial charge in [0.15, 0.2) is 11.0 Å². The van der Waals surface area contributed by atoms with E-state index in [-0.39, 0.29) is 11.8 Å². The fourth-order valence-electron chi connectivity index (χ4n) is 2.77. The van der Waals surface area contributed by atoms with Gasteiger partial charge < -0.3 is 9.30 Å². The first-order chi connectivity index (χ1) is 13.5. The molecular weight excluding hydrogens is 377 g/mol. The van der Waals surface area contributed by atoms with Gasteiger partial charge in [0, 0.05) is 12.3 Å². The number of rotatable bonds is 7. The van der Waals surface area contributed by atoms with E-state index >= 15 is 0 Å². The van der Waals surface area contributed by atoms with Crippen LogP contribution >= 0.6 is 11.8 Å². The number of halogens is 1. The van der Waals surface area contributed by atoms with E-state index in [1.54, 1.807) is 30.3 Å². The molecule has 0 aliphatic heterocycles. The Morgan fingerprint density at radius 1 is 1.14 bits per heavy atom. The fraction of sp³-hybridized carbons (Fsp3) is 0.286. The van der Waals surface area contributed by atoms with Crippen molar-refractivity contribution in [2.45, 2.75) is 31.3 Å². The number of aromatic nitrogens is 3. The van der Waals surface area contributed by atoms with Crippen LogP contribution in [0.15, 0.2) is 53.7 Å². The molecule has 0 unspecified atom stereocenters. The summed E-state index contributed by atoms with van der Waals surface area (Å²) in [5.41, 5.74) is 2.01. The number of carbonyl (C=O) groups excluding carboxylic acids is 1. The van der Waals surface area contributed by atoms with Crippen LogP contribution < -0.4 is 0 Å². The quantitative estimate of drug-likeness (QED) is 0.421. The van der Waals surface area contributed by atoms with Gasteiger partial charge in [0.25, 0.3) is 0 Å². The zero-order valence-electron chi connectivity index (χ0n) is 16.1. The SMILES string of the molecule is COC(=O)c1ccc(CSc2nnc(-c3ccccc3F)n2CC(C)C)cc1. The van der Waals surface area contributed by atoms with E-state index in [2.05, 4.69) is 24.0 Å².